The molecule has 0 bridgehead atoms. The van der Waals surface area contributed by atoms with Crippen LogP contribution in [0.25, 0.3) is 0 Å². The largest absolute Gasteiger partial charge is 0.396 e. The van der Waals surface area contributed by atoms with Crippen LogP contribution in [0, 0.1) is 6.92 Å². The summed E-state index contributed by atoms with van der Waals surface area (Å²) in [4.78, 5) is 16.5. The molecular formula is C17H28N2O2. The van der Waals surface area contributed by atoms with Crippen molar-refractivity contribution in [2.45, 2.75) is 39.3 Å². The summed E-state index contributed by atoms with van der Waals surface area (Å²) in [5, 5.41) is 9.06. The molecule has 1 N–H and O–H groups in total. The monoisotopic (exact) mass is 292 g/mol. The highest BCUT2D eigenvalue weighted by atomic mass is 16.3. The van der Waals surface area contributed by atoms with Crippen LogP contribution in [0.3, 0.4) is 0 Å². The van der Waals surface area contributed by atoms with Gasteiger partial charge in [-0.05, 0) is 39.4 Å². The summed E-state index contributed by atoms with van der Waals surface area (Å²) in [5.74, 6) is 0.136. The van der Waals surface area contributed by atoms with Gasteiger partial charge in [0.25, 0.3) is 0 Å². The minimum atomic E-state index is -0.103. The van der Waals surface area contributed by atoms with Crippen molar-refractivity contribution in [2.75, 3.05) is 27.2 Å². The number of rotatable bonds is 8. The van der Waals surface area contributed by atoms with Gasteiger partial charge in [0.15, 0.2) is 0 Å². The van der Waals surface area contributed by atoms with Gasteiger partial charge in [-0.3, -0.25) is 9.69 Å². The predicted molar refractivity (Wildman–Crippen MR) is 86.1 cm³/mol. The first-order chi connectivity index (χ1) is 9.99. The number of hydrogen-bond acceptors (Lipinski definition) is 3. The van der Waals surface area contributed by atoms with Gasteiger partial charge in [-0.15, -0.1) is 0 Å². The molecule has 0 saturated heterocycles. The second kappa shape index (κ2) is 8.80. The molecule has 0 spiro atoms. The number of carbonyl (C=O) groups is 1. The summed E-state index contributed by atoms with van der Waals surface area (Å²) >= 11 is 0. The van der Waals surface area contributed by atoms with Gasteiger partial charge in [-0.2, -0.15) is 0 Å². The minimum absolute atomic E-state index is 0.103. The van der Waals surface area contributed by atoms with E-state index in [2.05, 4.69) is 31.2 Å². The number of aryl methyl sites for hydroxylation is 1. The Morgan fingerprint density at radius 1 is 1.24 bits per heavy atom. The fraction of sp³-hybridized carbons (Fsp3) is 0.588. The summed E-state index contributed by atoms with van der Waals surface area (Å²) in [7, 11) is 3.87. The van der Waals surface area contributed by atoms with Crippen molar-refractivity contribution in [3.63, 3.8) is 0 Å². The molecule has 21 heavy (non-hydrogen) atoms. The van der Waals surface area contributed by atoms with Gasteiger partial charge in [-0.25, -0.2) is 0 Å². The van der Waals surface area contributed by atoms with Crippen molar-refractivity contribution in [1.82, 2.24) is 9.80 Å². The predicted octanol–water partition coefficient (Wildman–Crippen LogP) is 2.05. The second-order valence-corrected chi connectivity index (χ2v) is 5.71. The molecule has 0 fully saturated rings. The van der Waals surface area contributed by atoms with Crippen LogP contribution in [-0.2, 0) is 11.3 Å². The van der Waals surface area contributed by atoms with E-state index in [0.717, 1.165) is 12.0 Å². The molecule has 4 heteroatoms. The van der Waals surface area contributed by atoms with Crippen LogP contribution in [0.2, 0.25) is 0 Å². The zero-order valence-corrected chi connectivity index (χ0v) is 13.7. The second-order valence-electron chi connectivity index (χ2n) is 5.71. The van der Waals surface area contributed by atoms with E-state index in [-0.39, 0.29) is 18.6 Å². The normalized spacial score (nSPS) is 12.5. The number of benzene rings is 1. The summed E-state index contributed by atoms with van der Waals surface area (Å²) in [5.41, 5.74) is 2.34. The molecule has 1 unspecified atom stereocenters. The summed E-state index contributed by atoms with van der Waals surface area (Å²) in [6.07, 6.45) is 1.40. The van der Waals surface area contributed by atoms with Crippen LogP contribution in [-0.4, -0.2) is 54.1 Å². The number of aliphatic hydroxyl groups excluding tert-OH is 1. The Kier molecular flexibility index (Phi) is 7.40. The topological polar surface area (TPSA) is 43.8 Å². The van der Waals surface area contributed by atoms with Crippen molar-refractivity contribution in [3.8, 4) is 0 Å². The van der Waals surface area contributed by atoms with E-state index in [0.29, 0.717) is 19.5 Å². The molecule has 0 aliphatic heterocycles. The third-order valence-corrected chi connectivity index (χ3v) is 3.69. The summed E-state index contributed by atoms with van der Waals surface area (Å²) in [6, 6.07) is 8.14. The molecular weight excluding hydrogens is 264 g/mol. The fourth-order valence-corrected chi connectivity index (χ4v) is 2.41. The number of amides is 1. The Bertz CT molecular complexity index is 429. The zero-order chi connectivity index (χ0) is 15.8. The lowest BCUT2D eigenvalue weighted by atomic mass is 10.1. The van der Waals surface area contributed by atoms with E-state index in [1.807, 2.05) is 30.8 Å². The highest BCUT2D eigenvalue weighted by Gasteiger charge is 2.24. The van der Waals surface area contributed by atoms with Crippen LogP contribution >= 0.6 is 0 Å². The average molecular weight is 292 g/mol. The molecule has 0 heterocycles. The van der Waals surface area contributed by atoms with E-state index >= 15 is 0 Å². The maximum atomic E-state index is 12.7. The third-order valence-electron chi connectivity index (χ3n) is 3.69. The van der Waals surface area contributed by atoms with Gasteiger partial charge in [0, 0.05) is 19.7 Å². The standard InChI is InChI=1S/C17H28N2O2/c1-5-16(18(3)4)17(21)19(11-6-12-20)13-15-9-7-14(2)8-10-15/h7-10,16,20H,5-6,11-13H2,1-4H3. The Morgan fingerprint density at radius 3 is 2.33 bits per heavy atom. The molecule has 1 aromatic rings. The highest BCUT2D eigenvalue weighted by molar-refractivity contribution is 5.81. The van der Waals surface area contributed by atoms with Crippen molar-refractivity contribution >= 4 is 5.91 Å². The SMILES string of the molecule is CCC(C(=O)N(CCCO)Cc1ccc(C)cc1)N(C)C. The molecule has 0 aliphatic rings. The molecule has 0 aliphatic carbocycles. The Hall–Kier alpha value is -1.39. The summed E-state index contributed by atoms with van der Waals surface area (Å²) < 4.78 is 0. The van der Waals surface area contributed by atoms with E-state index in [1.165, 1.54) is 5.56 Å². The molecule has 1 atom stereocenters. The number of aliphatic hydroxyl groups is 1. The first kappa shape index (κ1) is 17.7. The van der Waals surface area contributed by atoms with Crippen LogP contribution in [0.5, 0.6) is 0 Å². The lowest BCUT2D eigenvalue weighted by molar-refractivity contribution is -0.137. The van der Waals surface area contributed by atoms with Gasteiger partial charge in [0.05, 0.1) is 6.04 Å². The van der Waals surface area contributed by atoms with Gasteiger partial charge in [-0.1, -0.05) is 36.8 Å². The first-order valence-corrected chi connectivity index (χ1v) is 7.61. The number of hydrogen-bond donors (Lipinski definition) is 1. The van der Waals surface area contributed by atoms with E-state index < -0.39 is 0 Å². The molecule has 118 valence electrons. The highest BCUT2D eigenvalue weighted by Crippen LogP contribution is 2.12. The first-order valence-electron chi connectivity index (χ1n) is 7.61. The quantitative estimate of drug-likeness (QED) is 0.797. The average Bonchev–Trinajstić information content (AvgIpc) is 2.45. The number of nitrogens with zero attached hydrogens (tertiary/aromatic N) is 2. The third kappa shape index (κ3) is 5.48. The van der Waals surface area contributed by atoms with E-state index in [9.17, 15) is 4.79 Å². The van der Waals surface area contributed by atoms with E-state index in [1.54, 1.807) is 0 Å². The van der Waals surface area contributed by atoms with Crippen LogP contribution < -0.4 is 0 Å². The van der Waals surface area contributed by atoms with Crippen molar-refractivity contribution in [3.05, 3.63) is 35.4 Å². The molecule has 1 aromatic carbocycles. The smallest absolute Gasteiger partial charge is 0.240 e. The minimum Gasteiger partial charge on any atom is -0.396 e. The Labute approximate surface area is 128 Å². The maximum absolute atomic E-state index is 12.7. The maximum Gasteiger partial charge on any atom is 0.240 e. The molecule has 0 radical (unpaired) electrons. The van der Waals surface area contributed by atoms with Gasteiger partial charge < -0.3 is 10.0 Å². The van der Waals surface area contributed by atoms with Gasteiger partial charge >= 0.3 is 0 Å². The zero-order valence-electron chi connectivity index (χ0n) is 13.7. The lowest BCUT2D eigenvalue weighted by Gasteiger charge is -2.30. The van der Waals surface area contributed by atoms with Crippen molar-refractivity contribution in [1.29, 1.82) is 0 Å². The van der Waals surface area contributed by atoms with Crippen molar-refractivity contribution < 1.29 is 9.90 Å². The van der Waals surface area contributed by atoms with Crippen LogP contribution in [0.4, 0.5) is 0 Å². The lowest BCUT2D eigenvalue weighted by Crippen LogP contribution is -2.45. The summed E-state index contributed by atoms with van der Waals surface area (Å²) in [6.45, 7) is 5.38. The van der Waals surface area contributed by atoms with Crippen molar-refractivity contribution in [2.24, 2.45) is 0 Å². The fourth-order valence-electron chi connectivity index (χ4n) is 2.41. The van der Waals surface area contributed by atoms with Crippen LogP contribution in [0.15, 0.2) is 24.3 Å². The number of carbonyl (C=O) groups excluding carboxylic acids is 1. The number of likely N-dealkylation sites (N-methyl/N-ethyl adjacent to an activating group) is 1. The molecule has 1 amide bonds. The molecule has 0 aromatic heterocycles. The van der Waals surface area contributed by atoms with E-state index in [4.69, 9.17) is 5.11 Å². The molecule has 1 rings (SSSR count). The Morgan fingerprint density at radius 2 is 1.86 bits per heavy atom. The van der Waals surface area contributed by atoms with Crippen LogP contribution in [0.1, 0.15) is 30.9 Å². The van der Waals surface area contributed by atoms with Gasteiger partial charge in [0.2, 0.25) is 5.91 Å². The molecule has 4 nitrogen and oxygen atoms in total. The van der Waals surface area contributed by atoms with Gasteiger partial charge in [0.1, 0.15) is 0 Å². The Balaban J connectivity index is 2.83. The molecule has 0 saturated carbocycles.